The van der Waals surface area contributed by atoms with Gasteiger partial charge in [0, 0.05) is 36.0 Å². The Morgan fingerprint density at radius 2 is 1.96 bits per heavy atom. The van der Waals surface area contributed by atoms with Crippen molar-refractivity contribution in [2.24, 2.45) is 0 Å². The fraction of sp³-hybridized carbons (Fsp3) is 0.250. The first-order valence-corrected chi connectivity index (χ1v) is 8.39. The van der Waals surface area contributed by atoms with Gasteiger partial charge in [0.2, 0.25) is 5.91 Å². The van der Waals surface area contributed by atoms with Crippen LogP contribution in [0.4, 0.5) is 5.69 Å². The van der Waals surface area contributed by atoms with Gasteiger partial charge in [0.15, 0.2) is 0 Å². The molecule has 1 heterocycles. The third kappa shape index (κ3) is 4.62. The predicted molar refractivity (Wildman–Crippen MR) is 94.5 cm³/mol. The number of ether oxygens (including phenoxy) is 2. The summed E-state index contributed by atoms with van der Waals surface area (Å²) in [7, 11) is 2.97. The first kappa shape index (κ1) is 18.1. The van der Waals surface area contributed by atoms with Crippen molar-refractivity contribution < 1.29 is 19.1 Å². The Bertz CT molecular complexity index is 719. The van der Waals surface area contributed by atoms with E-state index in [1.165, 1.54) is 25.6 Å². The fourth-order valence-electron chi connectivity index (χ4n) is 1.96. The molecule has 0 saturated heterocycles. The van der Waals surface area contributed by atoms with Crippen LogP contribution in [0.2, 0.25) is 5.02 Å². The zero-order chi connectivity index (χ0) is 17.5. The molecule has 6 nitrogen and oxygen atoms in total. The van der Waals surface area contributed by atoms with Crippen molar-refractivity contribution >= 4 is 40.4 Å². The van der Waals surface area contributed by atoms with Gasteiger partial charge in [-0.25, -0.2) is 0 Å². The van der Waals surface area contributed by atoms with Crippen molar-refractivity contribution in [3.05, 3.63) is 39.5 Å². The van der Waals surface area contributed by atoms with E-state index < -0.39 is 0 Å². The van der Waals surface area contributed by atoms with Crippen molar-refractivity contribution in [3.8, 4) is 11.5 Å². The van der Waals surface area contributed by atoms with Crippen LogP contribution in [0.25, 0.3) is 0 Å². The van der Waals surface area contributed by atoms with Crippen LogP contribution in [0.5, 0.6) is 11.5 Å². The highest BCUT2D eigenvalue weighted by Crippen LogP contribution is 2.35. The van der Waals surface area contributed by atoms with Gasteiger partial charge in [-0.2, -0.15) is 11.3 Å². The van der Waals surface area contributed by atoms with Crippen LogP contribution in [0.1, 0.15) is 16.8 Å². The third-order valence-electron chi connectivity index (χ3n) is 3.17. The number of hydrogen-bond donors (Lipinski definition) is 2. The molecule has 2 N–H and O–H groups in total. The molecule has 0 radical (unpaired) electrons. The van der Waals surface area contributed by atoms with Gasteiger partial charge < -0.3 is 20.1 Å². The number of carbonyl (C=O) groups is 2. The molecule has 0 saturated carbocycles. The summed E-state index contributed by atoms with van der Waals surface area (Å²) in [6, 6.07) is 4.88. The normalized spacial score (nSPS) is 10.1. The number of thiophene rings is 1. The summed E-state index contributed by atoms with van der Waals surface area (Å²) >= 11 is 7.46. The molecule has 1 aromatic heterocycles. The predicted octanol–water partition coefficient (Wildman–Crippen LogP) is 3.18. The fourth-order valence-corrected chi connectivity index (χ4v) is 2.82. The summed E-state index contributed by atoms with van der Waals surface area (Å²) in [6.07, 6.45) is 0.129. The van der Waals surface area contributed by atoms with Crippen LogP contribution in [0, 0.1) is 0 Å². The number of hydrogen-bond acceptors (Lipinski definition) is 5. The summed E-state index contributed by atoms with van der Waals surface area (Å²) < 4.78 is 10.3. The van der Waals surface area contributed by atoms with Crippen LogP contribution in [0.3, 0.4) is 0 Å². The lowest BCUT2D eigenvalue weighted by Gasteiger charge is -2.13. The maximum Gasteiger partial charge on any atom is 0.252 e. The van der Waals surface area contributed by atoms with Gasteiger partial charge in [0.05, 0.1) is 24.9 Å². The molecule has 24 heavy (non-hydrogen) atoms. The van der Waals surface area contributed by atoms with E-state index in [4.69, 9.17) is 21.1 Å². The lowest BCUT2D eigenvalue weighted by Crippen LogP contribution is -2.27. The van der Waals surface area contributed by atoms with Crippen LogP contribution in [0.15, 0.2) is 29.0 Å². The van der Waals surface area contributed by atoms with E-state index in [0.717, 1.165) is 0 Å². The Kier molecular flexibility index (Phi) is 6.45. The number of benzene rings is 1. The van der Waals surface area contributed by atoms with E-state index in [-0.39, 0.29) is 24.8 Å². The summed E-state index contributed by atoms with van der Waals surface area (Å²) in [4.78, 5) is 23.8. The number of carbonyl (C=O) groups excluding carboxylic acids is 2. The number of methoxy groups -OCH3 is 2. The first-order chi connectivity index (χ1) is 11.5. The molecule has 0 bridgehead atoms. The second-order valence-electron chi connectivity index (χ2n) is 4.75. The minimum Gasteiger partial charge on any atom is -0.495 e. The minimum absolute atomic E-state index is 0.129. The van der Waals surface area contributed by atoms with E-state index in [1.807, 2.05) is 5.38 Å². The van der Waals surface area contributed by atoms with E-state index in [0.29, 0.717) is 27.8 Å². The van der Waals surface area contributed by atoms with Gasteiger partial charge >= 0.3 is 0 Å². The number of halogens is 1. The van der Waals surface area contributed by atoms with E-state index in [9.17, 15) is 9.59 Å². The molecule has 0 spiro atoms. The van der Waals surface area contributed by atoms with Crippen LogP contribution in [-0.4, -0.2) is 32.6 Å². The molecule has 0 aliphatic rings. The molecule has 2 amide bonds. The van der Waals surface area contributed by atoms with Crippen molar-refractivity contribution in [1.82, 2.24) is 5.32 Å². The zero-order valence-corrected chi connectivity index (χ0v) is 14.8. The molecule has 0 unspecified atom stereocenters. The van der Waals surface area contributed by atoms with Gasteiger partial charge in [-0.3, -0.25) is 9.59 Å². The standard InChI is InChI=1S/C16H17ClN2O4S/c1-22-13-8-12(14(23-2)7-11(13)17)19-15(20)3-5-18-16(21)10-4-6-24-9-10/h4,6-9H,3,5H2,1-2H3,(H,18,21)(H,19,20). The lowest BCUT2D eigenvalue weighted by atomic mass is 10.2. The Morgan fingerprint density at radius 3 is 2.58 bits per heavy atom. The molecule has 0 aliphatic heterocycles. The van der Waals surface area contributed by atoms with Gasteiger partial charge in [-0.05, 0) is 11.4 Å². The van der Waals surface area contributed by atoms with Crippen LogP contribution in [-0.2, 0) is 4.79 Å². The number of nitrogens with one attached hydrogen (secondary N) is 2. The second kappa shape index (κ2) is 8.56. The molecule has 1 aromatic carbocycles. The number of amides is 2. The maximum atomic E-state index is 12.0. The Morgan fingerprint density at radius 1 is 1.21 bits per heavy atom. The third-order valence-corrected chi connectivity index (χ3v) is 4.15. The van der Waals surface area contributed by atoms with Gasteiger partial charge in [0.1, 0.15) is 11.5 Å². The molecular weight excluding hydrogens is 352 g/mol. The van der Waals surface area contributed by atoms with Crippen LogP contribution >= 0.6 is 22.9 Å². The Hall–Kier alpha value is -2.25. The summed E-state index contributed by atoms with van der Waals surface area (Å²) in [5, 5.41) is 9.37. The molecule has 128 valence electrons. The molecule has 8 heteroatoms. The summed E-state index contributed by atoms with van der Waals surface area (Å²) in [5.41, 5.74) is 1.04. The first-order valence-electron chi connectivity index (χ1n) is 7.07. The van der Waals surface area contributed by atoms with Gasteiger partial charge in [0.25, 0.3) is 5.91 Å². The van der Waals surface area contributed by atoms with Crippen molar-refractivity contribution in [2.45, 2.75) is 6.42 Å². The second-order valence-corrected chi connectivity index (χ2v) is 5.94. The maximum absolute atomic E-state index is 12.0. The van der Waals surface area contributed by atoms with Gasteiger partial charge in [-0.15, -0.1) is 0 Å². The van der Waals surface area contributed by atoms with E-state index >= 15 is 0 Å². The molecule has 2 rings (SSSR count). The van der Waals surface area contributed by atoms with Crippen molar-refractivity contribution in [2.75, 3.05) is 26.1 Å². The smallest absolute Gasteiger partial charge is 0.252 e. The lowest BCUT2D eigenvalue weighted by molar-refractivity contribution is -0.116. The monoisotopic (exact) mass is 368 g/mol. The van der Waals surface area contributed by atoms with Gasteiger partial charge in [-0.1, -0.05) is 11.6 Å². The average molecular weight is 369 g/mol. The highest BCUT2D eigenvalue weighted by atomic mass is 35.5. The summed E-state index contributed by atoms with van der Waals surface area (Å²) in [6.45, 7) is 0.230. The molecule has 0 fully saturated rings. The summed E-state index contributed by atoms with van der Waals surface area (Å²) in [5.74, 6) is 0.396. The van der Waals surface area contributed by atoms with Crippen LogP contribution < -0.4 is 20.1 Å². The molecular formula is C16H17ClN2O4S. The molecule has 2 aromatic rings. The topological polar surface area (TPSA) is 76.7 Å². The minimum atomic E-state index is -0.261. The average Bonchev–Trinajstić information content (AvgIpc) is 3.10. The largest absolute Gasteiger partial charge is 0.495 e. The van der Waals surface area contributed by atoms with Crippen molar-refractivity contribution in [1.29, 1.82) is 0 Å². The zero-order valence-electron chi connectivity index (χ0n) is 13.2. The molecule has 0 atom stereocenters. The SMILES string of the molecule is COc1cc(NC(=O)CCNC(=O)c2ccsc2)c(OC)cc1Cl. The number of anilines is 1. The highest BCUT2D eigenvalue weighted by Gasteiger charge is 2.13. The molecule has 0 aliphatic carbocycles. The highest BCUT2D eigenvalue weighted by molar-refractivity contribution is 7.08. The van der Waals surface area contributed by atoms with E-state index in [1.54, 1.807) is 23.6 Å². The van der Waals surface area contributed by atoms with E-state index in [2.05, 4.69) is 10.6 Å². The Labute approximate surface area is 148 Å². The number of rotatable bonds is 7. The van der Waals surface area contributed by atoms with Crippen molar-refractivity contribution in [3.63, 3.8) is 0 Å². The Balaban J connectivity index is 1.91. The quantitative estimate of drug-likeness (QED) is 0.787.